The van der Waals surface area contributed by atoms with Crippen LogP contribution in [0.2, 0.25) is 5.02 Å². The van der Waals surface area contributed by atoms with Crippen LogP contribution in [0.5, 0.6) is 0 Å². The summed E-state index contributed by atoms with van der Waals surface area (Å²) >= 11 is 8.97. The number of benzene rings is 1. The number of hydrogen-bond acceptors (Lipinski definition) is 3. The SMILES string of the molecule is CC(C)(CCC(=O)O)NS(=O)(=O)c1cc(Cl)ccc1Br. The van der Waals surface area contributed by atoms with Gasteiger partial charge in [-0.05, 0) is 54.4 Å². The van der Waals surface area contributed by atoms with Gasteiger partial charge in [-0.1, -0.05) is 11.6 Å². The molecule has 1 rings (SSSR count). The van der Waals surface area contributed by atoms with Gasteiger partial charge in [0.15, 0.2) is 0 Å². The Hall–Kier alpha value is -0.630. The molecule has 0 saturated heterocycles. The second kappa shape index (κ2) is 6.43. The van der Waals surface area contributed by atoms with Gasteiger partial charge in [-0.25, -0.2) is 13.1 Å². The number of carboxylic acids is 1. The van der Waals surface area contributed by atoms with E-state index in [1.807, 2.05) is 0 Å². The Balaban J connectivity index is 3.00. The van der Waals surface area contributed by atoms with Crippen molar-refractivity contribution in [1.82, 2.24) is 4.72 Å². The molecule has 8 heteroatoms. The second-order valence-electron chi connectivity index (χ2n) is 4.96. The Bertz CT molecular complexity index is 616. The maximum Gasteiger partial charge on any atom is 0.303 e. The Labute approximate surface area is 131 Å². The summed E-state index contributed by atoms with van der Waals surface area (Å²) in [5.74, 6) is -0.971. The third-order valence-corrected chi connectivity index (χ3v) is 5.48. The smallest absolute Gasteiger partial charge is 0.303 e. The first-order valence-corrected chi connectivity index (χ1v) is 8.40. The molecular formula is C12H15BrClNO4S. The van der Waals surface area contributed by atoms with Gasteiger partial charge in [0.2, 0.25) is 10.0 Å². The highest BCUT2D eigenvalue weighted by molar-refractivity contribution is 9.10. The van der Waals surface area contributed by atoms with E-state index in [-0.39, 0.29) is 17.7 Å². The summed E-state index contributed by atoms with van der Waals surface area (Å²) in [7, 11) is -3.79. The lowest BCUT2D eigenvalue weighted by atomic mass is 10.0. The predicted octanol–water partition coefficient (Wildman–Crippen LogP) is 3.02. The van der Waals surface area contributed by atoms with Crippen molar-refractivity contribution in [3.8, 4) is 0 Å². The number of sulfonamides is 1. The highest BCUT2D eigenvalue weighted by Crippen LogP contribution is 2.27. The predicted molar refractivity (Wildman–Crippen MR) is 80.4 cm³/mol. The number of carboxylic acid groups (broad SMARTS) is 1. The van der Waals surface area contributed by atoms with E-state index in [0.717, 1.165) is 0 Å². The molecule has 1 aromatic rings. The molecule has 0 aromatic heterocycles. The van der Waals surface area contributed by atoms with Crippen LogP contribution in [-0.2, 0) is 14.8 Å². The van der Waals surface area contributed by atoms with E-state index in [1.165, 1.54) is 6.07 Å². The number of rotatable bonds is 6. The zero-order valence-electron chi connectivity index (χ0n) is 11.0. The molecule has 0 aliphatic heterocycles. The zero-order chi connectivity index (χ0) is 15.6. The minimum absolute atomic E-state index is 0.0217. The maximum atomic E-state index is 12.3. The summed E-state index contributed by atoms with van der Waals surface area (Å²) < 4.78 is 27.5. The van der Waals surface area contributed by atoms with Crippen LogP contribution >= 0.6 is 27.5 Å². The number of carbonyl (C=O) groups is 1. The number of aliphatic carboxylic acids is 1. The molecule has 0 fully saturated rings. The van der Waals surface area contributed by atoms with Crippen molar-refractivity contribution in [2.24, 2.45) is 0 Å². The van der Waals surface area contributed by atoms with Crippen LogP contribution < -0.4 is 4.72 Å². The molecule has 2 N–H and O–H groups in total. The Kier molecular flexibility index (Phi) is 5.60. The third-order valence-electron chi connectivity index (χ3n) is 2.56. The summed E-state index contributed by atoms with van der Waals surface area (Å²) in [4.78, 5) is 10.6. The van der Waals surface area contributed by atoms with Crippen molar-refractivity contribution in [2.75, 3.05) is 0 Å². The number of hydrogen-bond donors (Lipinski definition) is 2. The van der Waals surface area contributed by atoms with Crippen LogP contribution in [0.1, 0.15) is 26.7 Å². The normalized spacial score (nSPS) is 12.4. The van der Waals surface area contributed by atoms with Gasteiger partial charge in [-0.15, -0.1) is 0 Å². The molecule has 112 valence electrons. The summed E-state index contributed by atoms with van der Waals surface area (Å²) in [6.07, 6.45) is 0.0615. The van der Waals surface area contributed by atoms with E-state index in [9.17, 15) is 13.2 Å². The first kappa shape index (κ1) is 17.4. The van der Waals surface area contributed by atoms with Crippen LogP contribution in [0.3, 0.4) is 0 Å². The fourth-order valence-corrected chi connectivity index (χ4v) is 4.24. The van der Waals surface area contributed by atoms with Gasteiger partial charge < -0.3 is 5.11 Å². The van der Waals surface area contributed by atoms with Crippen molar-refractivity contribution in [1.29, 1.82) is 0 Å². The maximum absolute atomic E-state index is 12.3. The highest BCUT2D eigenvalue weighted by Gasteiger charge is 2.28. The van der Waals surface area contributed by atoms with Crippen molar-refractivity contribution >= 4 is 43.5 Å². The lowest BCUT2D eigenvalue weighted by Crippen LogP contribution is -2.43. The quantitative estimate of drug-likeness (QED) is 0.789. The molecule has 0 unspecified atom stereocenters. The van der Waals surface area contributed by atoms with E-state index in [2.05, 4.69) is 20.7 Å². The fraction of sp³-hybridized carbons (Fsp3) is 0.417. The van der Waals surface area contributed by atoms with Gasteiger partial charge in [0.1, 0.15) is 0 Å². The van der Waals surface area contributed by atoms with Crippen LogP contribution in [0.4, 0.5) is 0 Å². The molecular weight excluding hydrogens is 370 g/mol. The van der Waals surface area contributed by atoms with Gasteiger partial charge in [-0.2, -0.15) is 0 Å². The lowest BCUT2D eigenvalue weighted by molar-refractivity contribution is -0.137. The minimum Gasteiger partial charge on any atom is -0.481 e. The van der Waals surface area contributed by atoms with Gasteiger partial charge in [0, 0.05) is 21.5 Å². The van der Waals surface area contributed by atoms with Crippen LogP contribution in [0.15, 0.2) is 27.6 Å². The van der Waals surface area contributed by atoms with Gasteiger partial charge >= 0.3 is 5.97 Å². The average Bonchev–Trinajstić information content (AvgIpc) is 2.28. The van der Waals surface area contributed by atoms with E-state index in [1.54, 1.807) is 26.0 Å². The first-order valence-electron chi connectivity index (χ1n) is 5.74. The largest absolute Gasteiger partial charge is 0.481 e. The first-order chi connectivity index (χ1) is 9.03. The molecule has 0 atom stereocenters. The standard InChI is InChI=1S/C12H15BrClNO4S/c1-12(2,6-5-11(16)17)15-20(18,19)10-7-8(14)3-4-9(10)13/h3-4,7,15H,5-6H2,1-2H3,(H,16,17). The summed E-state index contributed by atoms with van der Waals surface area (Å²) in [5, 5.41) is 8.97. The summed E-state index contributed by atoms with van der Waals surface area (Å²) in [6.45, 7) is 3.26. The van der Waals surface area contributed by atoms with Crippen molar-refractivity contribution in [3.63, 3.8) is 0 Å². The minimum atomic E-state index is -3.79. The molecule has 0 radical (unpaired) electrons. The molecule has 5 nitrogen and oxygen atoms in total. The fourth-order valence-electron chi connectivity index (χ4n) is 1.57. The Morgan fingerprint density at radius 3 is 2.60 bits per heavy atom. The van der Waals surface area contributed by atoms with Crippen LogP contribution in [0, 0.1) is 0 Å². The van der Waals surface area contributed by atoms with E-state index >= 15 is 0 Å². The molecule has 20 heavy (non-hydrogen) atoms. The van der Waals surface area contributed by atoms with Crippen molar-refractivity contribution in [2.45, 2.75) is 37.1 Å². The van der Waals surface area contributed by atoms with E-state index in [0.29, 0.717) is 9.50 Å². The molecule has 1 aromatic carbocycles. The molecule has 0 saturated carbocycles. The van der Waals surface area contributed by atoms with Crippen LogP contribution in [0.25, 0.3) is 0 Å². The number of nitrogens with one attached hydrogen (secondary N) is 1. The molecule has 0 bridgehead atoms. The van der Waals surface area contributed by atoms with Crippen molar-refractivity contribution in [3.05, 3.63) is 27.7 Å². The van der Waals surface area contributed by atoms with Crippen LogP contribution in [-0.4, -0.2) is 25.0 Å². The molecule has 0 heterocycles. The Morgan fingerprint density at radius 1 is 1.45 bits per heavy atom. The molecule has 0 aliphatic carbocycles. The molecule has 0 aliphatic rings. The summed E-state index contributed by atoms with van der Waals surface area (Å²) in [6, 6.07) is 4.45. The second-order valence-corrected chi connectivity index (χ2v) is 7.90. The number of halogens is 2. The van der Waals surface area contributed by atoms with Gasteiger partial charge in [0.25, 0.3) is 0 Å². The topological polar surface area (TPSA) is 83.5 Å². The monoisotopic (exact) mass is 383 g/mol. The summed E-state index contributed by atoms with van der Waals surface area (Å²) in [5.41, 5.74) is -0.876. The van der Waals surface area contributed by atoms with E-state index < -0.39 is 21.5 Å². The average molecular weight is 385 g/mol. The molecule has 0 spiro atoms. The Morgan fingerprint density at radius 2 is 2.05 bits per heavy atom. The zero-order valence-corrected chi connectivity index (χ0v) is 14.1. The van der Waals surface area contributed by atoms with Crippen molar-refractivity contribution < 1.29 is 18.3 Å². The molecule has 0 amide bonds. The van der Waals surface area contributed by atoms with Gasteiger partial charge in [0.05, 0.1) is 4.90 Å². The highest BCUT2D eigenvalue weighted by atomic mass is 79.9. The van der Waals surface area contributed by atoms with E-state index in [4.69, 9.17) is 16.7 Å². The van der Waals surface area contributed by atoms with Gasteiger partial charge in [-0.3, -0.25) is 4.79 Å². The third kappa shape index (κ3) is 5.05. The lowest BCUT2D eigenvalue weighted by Gasteiger charge is -2.25.